The fraction of sp³-hybridized carbons (Fsp3) is 0.455. The molecular formula is C22H28N6O3. The Balaban J connectivity index is 1.37. The number of benzene rings is 1. The van der Waals surface area contributed by atoms with E-state index < -0.39 is 0 Å². The predicted octanol–water partition coefficient (Wildman–Crippen LogP) is 1.84. The SMILES string of the molecule is Cc1cc(-c2cncc(NC(=O)N[C@H]3CCCNC3)n2)ccc1OCC1CNC(=O)C1. The zero-order valence-electron chi connectivity index (χ0n) is 17.6. The molecular weight excluding hydrogens is 396 g/mol. The lowest BCUT2D eigenvalue weighted by atomic mass is 10.1. The minimum Gasteiger partial charge on any atom is -0.493 e. The summed E-state index contributed by atoms with van der Waals surface area (Å²) < 4.78 is 5.91. The number of anilines is 1. The standard InChI is InChI=1S/C22H28N6O3/c1-14-7-16(4-5-19(14)31-13-15-8-21(29)25-9-15)18-11-24-12-20(27-18)28-22(30)26-17-3-2-6-23-10-17/h4-5,7,11-12,15,17,23H,2-3,6,8-10,13H2,1H3,(H,25,29)(H2,26,27,28,30)/t15?,17-/m0/s1. The van der Waals surface area contributed by atoms with Crippen LogP contribution in [0.4, 0.5) is 10.6 Å². The average molecular weight is 425 g/mol. The van der Waals surface area contributed by atoms with E-state index in [1.54, 1.807) is 6.20 Å². The number of piperidine rings is 1. The van der Waals surface area contributed by atoms with Crippen LogP contribution < -0.4 is 26.0 Å². The minimum absolute atomic E-state index is 0.0804. The van der Waals surface area contributed by atoms with Crippen molar-refractivity contribution in [3.63, 3.8) is 0 Å². The van der Waals surface area contributed by atoms with Crippen molar-refractivity contribution in [2.75, 3.05) is 31.6 Å². The summed E-state index contributed by atoms with van der Waals surface area (Å²) in [4.78, 5) is 32.3. The monoisotopic (exact) mass is 424 g/mol. The Morgan fingerprint density at radius 3 is 2.94 bits per heavy atom. The summed E-state index contributed by atoms with van der Waals surface area (Å²) in [6.07, 6.45) is 5.72. The van der Waals surface area contributed by atoms with E-state index in [0.29, 0.717) is 31.1 Å². The molecule has 2 aliphatic rings. The van der Waals surface area contributed by atoms with E-state index in [0.717, 1.165) is 42.8 Å². The van der Waals surface area contributed by atoms with Crippen molar-refractivity contribution in [3.05, 3.63) is 36.2 Å². The first-order valence-corrected chi connectivity index (χ1v) is 10.7. The highest BCUT2D eigenvalue weighted by Crippen LogP contribution is 2.26. The van der Waals surface area contributed by atoms with Gasteiger partial charge in [-0.15, -0.1) is 0 Å². The molecule has 3 heterocycles. The van der Waals surface area contributed by atoms with E-state index in [2.05, 4.69) is 31.2 Å². The smallest absolute Gasteiger partial charge is 0.320 e. The fourth-order valence-electron chi connectivity index (χ4n) is 3.84. The Hall–Kier alpha value is -3.20. The molecule has 3 amide bonds. The number of aromatic nitrogens is 2. The van der Waals surface area contributed by atoms with Crippen LogP contribution in [0.2, 0.25) is 0 Å². The zero-order valence-corrected chi connectivity index (χ0v) is 17.6. The highest BCUT2D eigenvalue weighted by Gasteiger charge is 2.22. The number of hydrogen-bond acceptors (Lipinski definition) is 6. The molecule has 9 nitrogen and oxygen atoms in total. The van der Waals surface area contributed by atoms with Gasteiger partial charge in [0.15, 0.2) is 5.82 Å². The molecule has 1 aromatic heterocycles. The lowest BCUT2D eigenvalue weighted by Gasteiger charge is -2.23. The first-order valence-electron chi connectivity index (χ1n) is 10.7. The van der Waals surface area contributed by atoms with Gasteiger partial charge in [-0.05, 0) is 50.1 Å². The van der Waals surface area contributed by atoms with Crippen LogP contribution in [0.5, 0.6) is 5.75 Å². The summed E-state index contributed by atoms with van der Waals surface area (Å²) >= 11 is 0. The highest BCUT2D eigenvalue weighted by molar-refractivity contribution is 5.88. The third-order valence-corrected chi connectivity index (χ3v) is 5.52. The van der Waals surface area contributed by atoms with E-state index in [-0.39, 0.29) is 23.9 Å². The van der Waals surface area contributed by atoms with Gasteiger partial charge in [0.05, 0.1) is 24.7 Å². The number of nitrogens with zero attached hydrogens (tertiary/aromatic N) is 2. The molecule has 2 aromatic rings. The molecule has 0 saturated carbocycles. The molecule has 1 unspecified atom stereocenters. The largest absolute Gasteiger partial charge is 0.493 e. The van der Waals surface area contributed by atoms with Gasteiger partial charge in [-0.25, -0.2) is 9.78 Å². The van der Waals surface area contributed by atoms with Crippen molar-refractivity contribution in [1.29, 1.82) is 0 Å². The number of ether oxygens (including phenoxy) is 1. The van der Waals surface area contributed by atoms with Crippen LogP contribution in [-0.4, -0.2) is 54.2 Å². The number of urea groups is 1. The second-order valence-electron chi connectivity index (χ2n) is 8.10. The molecule has 31 heavy (non-hydrogen) atoms. The van der Waals surface area contributed by atoms with Gasteiger partial charge in [0.25, 0.3) is 0 Å². The van der Waals surface area contributed by atoms with Gasteiger partial charge in [-0.2, -0.15) is 0 Å². The topological polar surface area (TPSA) is 117 Å². The number of carbonyl (C=O) groups excluding carboxylic acids is 2. The fourth-order valence-corrected chi connectivity index (χ4v) is 3.84. The van der Waals surface area contributed by atoms with Crippen molar-refractivity contribution in [1.82, 2.24) is 25.9 Å². The van der Waals surface area contributed by atoms with Crippen molar-refractivity contribution in [2.45, 2.75) is 32.2 Å². The van der Waals surface area contributed by atoms with Gasteiger partial charge in [0.2, 0.25) is 5.91 Å². The molecule has 0 bridgehead atoms. The van der Waals surface area contributed by atoms with Gasteiger partial charge in [0, 0.05) is 37.0 Å². The van der Waals surface area contributed by atoms with Crippen LogP contribution >= 0.6 is 0 Å². The Labute approximate surface area is 181 Å². The van der Waals surface area contributed by atoms with E-state index in [4.69, 9.17) is 4.74 Å². The second-order valence-corrected chi connectivity index (χ2v) is 8.10. The summed E-state index contributed by atoms with van der Waals surface area (Å²) in [5, 5.41) is 11.8. The predicted molar refractivity (Wildman–Crippen MR) is 117 cm³/mol. The summed E-state index contributed by atoms with van der Waals surface area (Å²) in [7, 11) is 0. The molecule has 2 saturated heterocycles. The molecule has 0 aliphatic carbocycles. The number of amides is 3. The van der Waals surface area contributed by atoms with E-state index in [1.807, 2.05) is 25.1 Å². The molecule has 2 fully saturated rings. The van der Waals surface area contributed by atoms with Gasteiger partial charge in [-0.3, -0.25) is 15.1 Å². The molecule has 164 valence electrons. The summed E-state index contributed by atoms with van der Waals surface area (Å²) in [5.41, 5.74) is 2.52. The molecule has 9 heteroatoms. The number of nitrogens with one attached hydrogen (secondary N) is 4. The molecule has 0 radical (unpaired) electrons. The van der Waals surface area contributed by atoms with Crippen LogP contribution in [0.3, 0.4) is 0 Å². The molecule has 2 aliphatic heterocycles. The van der Waals surface area contributed by atoms with E-state index >= 15 is 0 Å². The Morgan fingerprint density at radius 2 is 2.19 bits per heavy atom. The van der Waals surface area contributed by atoms with Crippen molar-refractivity contribution in [3.8, 4) is 17.0 Å². The van der Waals surface area contributed by atoms with Gasteiger partial charge < -0.3 is 20.7 Å². The van der Waals surface area contributed by atoms with E-state index in [1.165, 1.54) is 6.20 Å². The minimum atomic E-state index is -0.278. The van der Waals surface area contributed by atoms with E-state index in [9.17, 15) is 9.59 Å². The maximum Gasteiger partial charge on any atom is 0.320 e. The maximum atomic E-state index is 12.3. The van der Waals surface area contributed by atoms with Crippen molar-refractivity contribution < 1.29 is 14.3 Å². The normalized spacial score (nSPS) is 20.7. The lowest BCUT2D eigenvalue weighted by molar-refractivity contribution is -0.119. The Kier molecular flexibility index (Phi) is 6.61. The Morgan fingerprint density at radius 1 is 1.29 bits per heavy atom. The van der Waals surface area contributed by atoms with Crippen molar-refractivity contribution >= 4 is 17.8 Å². The van der Waals surface area contributed by atoms with Gasteiger partial charge >= 0.3 is 6.03 Å². The van der Waals surface area contributed by atoms with Crippen LogP contribution in [-0.2, 0) is 4.79 Å². The van der Waals surface area contributed by atoms with Gasteiger partial charge in [0.1, 0.15) is 5.75 Å². The van der Waals surface area contributed by atoms with Crippen LogP contribution in [0, 0.1) is 12.8 Å². The van der Waals surface area contributed by atoms with Crippen molar-refractivity contribution in [2.24, 2.45) is 5.92 Å². The molecule has 2 atom stereocenters. The second kappa shape index (κ2) is 9.74. The van der Waals surface area contributed by atoms with Crippen LogP contribution in [0.15, 0.2) is 30.6 Å². The number of hydrogen-bond donors (Lipinski definition) is 4. The van der Waals surface area contributed by atoms with Crippen LogP contribution in [0.1, 0.15) is 24.8 Å². The molecule has 1 aromatic carbocycles. The third-order valence-electron chi connectivity index (χ3n) is 5.52. The summed E-state index contributed by atoms with van der Waals surface area (Å²) in [5.74, 6) is 1.47. The highest BCUT2D eigenvalue weighted by atomic mass is 16.5. The molecule has 0 spiro atoms. The quantitative estimate of drug-likeness (QED) is 0.562. The lowest BCUT2D eigenvalue weighted by Crippen LogP contribution is -2.47. The maximum absolute atomic E-state index is 12.3. The summed E-state index contributed by atoms with van der Waals surface area (Å²) in [6.45, 7) is 4.91. The molecule has 4 N–H and O–H groups in total. The number of aryl methyl sites for hydroxylation is 1. The zero-order chi connectivity index (χ0) is 21.6. The number of carbonyl (C=O) groups is 2. The number of rotatable bonds is 6. The third kappa shape index (κ3) is 5.69. The van der Waals surface area contributed by atoms with Gasteiger partial charge in [-0.1, -0.05) is 0 Å². The summed E-state index contributed by atoms with van der Waals surface area (Å²) in [6, 6.07) is 5.65. The average Bonchev–Trinajstić information content (AvgIpc) is 3.19. The first kappa shape index (κ1) is 21.0. The first-order chi connectivity index (χ1) is 15.1. The van der Waals surface area contributed by atoms with Crippen LogP contribution in [0.25, 0.3) is 11.3 Å². The Bertz CT molecular complexity index is 945. The molecule has 4 rings (SSSR count).